The molecule has 29 heavy (non-hydrogen) atoms. The smallest absolute Gasteiger partial charge is 0.268 e. The van der Waals surface area contributed by atoms with Crippen LogP contribution in [0.1, 0.15) is 42.0 Å². The number of hydrogen-bond acceptors (Lipinski definition) is 5. The second-order valence-electron chi connectivity index (χ2n) is 6.18. The van der Waals surface area contributed by atoms with E-state index in [0.29, 0.717) is 17.7 Å². The Hall–Kier alpha value is -3.23. The first kappa shape index (κ1) is 23.8. The lowest BCUT2D eigenvalue weighted by molar-refractivity contribution is -0.133. The largest absolute Gasteiger partial charge is 0.391 e. The maximum absolute atomic E-state index is 12.3. The fourth-order valence-electron chi connectivity index (χ4n) is 2.59. The predicted molar refractivity (Wildman–Crippen MR) is 109 cm³/mol. The Labute approximate surface area is 169 Å². The van der Waals surface area contributed by atoms with Crippen LogP contribution < -0.4 is 16.1 Å². The van der Waals surface area contributed by atoms with Gasteiger partial charge in [0.05, 0.1) is 6.10 Å². The van der Waals surface area contributed by atoms with Crippen LogP contribution in [0.15, 0.2) is 48.5 Å². The number of carbonyl (C=O) groups is 3. The Bertz CT molecular complexity index is 832. The van der Waals surface area contributed by atoms with E-state index in [2.05, 4.69) is 10.6 Å². The van der Waals surface area contributed by atoms with Gasteiger partial charge in [0.15, 0.2) is 0 Å². The Morgan fingerprint density at radius 2 is 1.34 bits per heavy atom. The van der Waals surface area contributed by atoms with Gasteiger partial charge in [-0.3, -0.25) is 19.6 Å². The molecule has 2 aromatic rings. The summed E-state index contributed by atoms with van der Waals surface area (Å²) in [7, 11) is 0. The van der Waals surface area contributed by atoms with E-state index in [-0.39, 0.29) is 13.3 Å². The molecule has 0 unspecified atom stereocenters. The maximum atomic E-state index is 12.3. The van der Waals surface area contributed by atoms with Gasteiger partial charge >= 0.3 is 0 Å². The number of hydrogen-bond donors (Lipinski definition) is 5. The minimum Gasteiger partial charge on any atom is -0.391 e. The highest BCUT2D eigenvalue weighted by Crippen LogP contribution is 2.20. The van der Waals surface area contributed by atoms with Crippen LogP contribution >= 0.6 is 0 Å². The van der Waals surface area contributed by atoms with Gasteiger partial charge in [0.2, 0.25) is 0 Å². The third kappa shape index (κ3) is 6.13. The summed E-state index contributed by atoms with van der Waals surface area (Å²) in [4.78, 5) is 35.6. The molecule has 0 heterocycles. The molecule has 8 heteroatoms. The van der Waals surface area contributed by atoms with E-state index in [9.17, 15) is 19.5 Å². The molecule has 2 atom stereocenters. The zero-order chi connectivity index (χ0) is 20.7. The fourth-order valence-corrected chi connectivity index (χ4v) is 2.59. The Morgan fingerprint density at radius 3 is 1.72 bits per heavy atom. The van der Waals surface area contributed by atoms with Gasteiger partial charge in [0, 0.05) is 17.7 Å². The molecule has 2 rings (SSSR count). The molecule has 0 radical (unpaired) electrons. The summed E-state index contributed by atoms with van der Waals surface area (Å²) in [6.45, 7) is 3.73. The van der Waals surface area contributed by atoms with Crippen LogP contribution in [0.25, 0.3) is 11.1 Å². The van der Waals surface area contributed by atoms with Crippen LogP contribution in [0.4, 0.5) is 0 Å². The van der Waals surface area contributed by atoms with Crippen LogP contribution in [0, 0.1) is 0 Å². The lowest BCUT2D eigenvalue weighted by Crippen LogP contribution is -2.51. The summed E-state index contributed by atoms with van der Waals surface area (Å²) in [5.74, 6) is -1.61. The van der Waals surface area contributed by atoms with Crippen LogP contribution in [0.5, 0.6) is 0 Å². The highest BCUT2D eigenvalue weighted by Gasteiger charge is 2.25. The van der Waals surface area contributed by atoms with E-state index in [0.717, 1.165) is 11.1 Å². The molecule has 3 amide bonds. The summed E-state index contributed by atoms with van der Waals surface area (Å²) in [5, 5.41) is 23.4. The van der Waals surface area contributed by atoms with Crippen LogP contribution in [0.3, 0.4) is 0 Å². The van der Waals surface area contributed by atoms with Crippen molar-refractivity contribution in [2.24, 2.45) is 0 Å². The predicted octanol–water partition coefficient (Wildman–Crippen LogP) is 1.72. The Balaban J connectivity index is 0.00000420. The van der Waals surface area contributed by atoms with Crippen LogP contribution in [-0.2, 0) is 4.79 Å². The third-order valence-electron chi connectivity index (χ3n) is 4.13. The van der Waals surface area contributed by atoms with Crippen molar-refractivity contribution in [3.63, 3.8) is 0 Å². The molecule has 0 fully saturated rings. The molecular weight excluding hydrogens is 374 g/mol. The molecule has 0 saturated carbocycles. The molecule has 0 bridgehead atoms. The normalized spacial score (nSPS) is 12.1. The van der Waals surface area contributed by atoms with E-state index in [1.165, 1.54) is 12.4 Å². The molecule has 0 aromatic heterocycles. The molecule has 0 aliphatic carbocycles. The molecule has 8 nitrogen and oxygen atoms in total. The van der Waals surface area contributed by atoms with E-state index < -0.39 is 24.0 Å². The van der Waals surface area contributed by atoms with Crippen LogP contribution in [0.2, 0.25) is 0 Å². The van der Waals surface area contributed by atoms with Crippen molar-refractivity contribution in [1.82, 2.24) is 16.1 Å². The summed E-state index contributed by atoms with van der Waals surface area (Å²) in [5.41, 5.74) is 3.99. The van der Waals surface area contributed by atoms with Crippen molar-refractivity contribution in [2.45, 2.75) is 33.4 Å². The summed E-state index contributed by atoms with van der Waals surface area (Å²) < 4.78 is 0. The van der Waals surface area contributed by atoms with Crippen molar-refractivity contribution in [3.8, 4) is 11.1 Å². The monoisotopic (exact) mass is 401 g/mol. The minimum absolute atomic E-state index is 0. The average Bonchev–Trinajstić information content (AvgIpc) is 2.71. The topological polar surface area (TPSA) is 128 Å². The van der Waals surface area contributed by atoms with Gasteiger partial charge in [-0.05, 0) is 49.2 Å². The zero-order valence-electron chi connectivity index (χ0n) is 15.6. The highest BCUT2D eigenvalue weighted by atomic mass is 16.5. The number of benzene rings is 2. The number of aliphatic hydroxyl groups is 1. The molecule has 0 saturated heterocycles. The van der Waals surface area contributed by atoms with Crippen molar-refractivity contribution in [1.29, 1.82) is 0 Å². The van der Waals surface area contributed by atoms with Crippen molar-refractivity contribution in [2.75, 3.05) is 6.54 Å². The molecule has 0 aliphatic rings. The lowest BCUT2D eigenvalue weighted by atomic mass is 10.0. The van der Waals surface area contributed by atoms with Gasteiger partial charge in [-0.1, -0.05) is 31.7 Å². The molecule has 5 N–H and O–H groups in total. The number of hydroxylamine groups is 1. The van der Waals surface area contributed by atoms with Crippen LogP contribution in [-0.4, -0.2) is 46.7 Å². The van der Waals surface area contributed by atoms with Gasteiger partial charge in [-0.2, -0.15) is 0 Å². The summed E-state index contributed by atoms with van der Waals surface area (Å²) in [6.07, 6.45) is -1.18. The number of nitrogens with one attached hydrogen (secondary N) is 3. The number of carbonyl (C=O) groups excluding carboxylic acids is 3. The first-order valence-corrected chi connectivity index (χ1v) is 8.79. The molecule has 0 spiro atoms. The van der Waals surface area contributed by atoms with Crippen molar-refractivity contribution >= 4 is 17.7 Å². The first-order chi connectivity index (χ1) is 13.4. The zero-order valence-corrected chi connectivity index (χ0v) is 15.6. The highest BCUT2D eigenvalue weighted by molar-refractivity contribution is 5.98. The maximum Gasteiger partial charge on any atom is 0.268 e. The van der Waals surface area contributed by atoms with Gasteiger partial charge in [0.1, 0.15) is 6.04 Å². The summed E-state index contributed by atoms with van der Waals surface area (Å²) in [6, 6.07) is 12.4. The summed E-state index contributed by atoms with van der Waals surface area (Å²) >= 11 is 0. The van der Waals surface area contributed by atoms with Gasteiger partial charge < -0.3 is 15.7 Å². The van der Waals surface area contributed by atoms with Gasteiger partial charge in [-0.15, -0.1) is 0 Å². The Morgan fingerprint density at radius 1 is 0.897 bits per heavy atom. The number of amides is 3. The van der Waals surface area contributed by atoms with Gasteiger partial charge in [0.25, 0.3) is 17.7 Å². The minimum atomic E-state index is -1.28. The van der Waals surface area contributed by atoms with E-state index in [4.69, 9.17) is 5.21 Å². The Kier molecular flexibility index (Phi) is 8.98. The SMILES string of the molecule is C.CCNC(=O)c1ccc(-c2ccc(C(=O)N[C@H](C(=O)NO)[C@@H](C)O)cc2)cc1. The average molecular weight is 401 g/mol. The fraction of sp³-hybridized carbons (Fsp3) is 0.286. The number of aliphatic hydroxyl groups excluding tert-OH is 1. The lowest BCUT2D eigenvalue weighted by Gasteiger charge is -2.19. The third-order valence-corrected chi connectivity index (χ3v) is 4.13. The molecule has 0 aliphatic heterocycles. The number of rotatable bonds is 7. The van der Waals surface area contributed by atoms with E-state index >= 15 is 0 Å². The molecule has 156 valence electrons. The van der Waals surface area contributed by atoms with Gasteiger partial charge in [-0.25, -0.2) is 5.48 Å². The van der Waals surface area contributed by atoms with Crippen molar-refractivity contribution in [3.05, 3.63) is 59.7 Å². The van der Waals surface area contributed by atoms with Crippen molar-refractivity contribution < 1.29 is 24.7 Å². The second kappa shape index (κ2) is 10.9. The quantitative estimate of drug-likeness (QED) is 0.357. The molecular formula is C21H27N3O5. The second-order valence-corrected chi connectivity index (χ2v) is 6.18. The first-order valence-electron chi connectivity index (χ1n) is 8.79. The van der Waals surface area contributed by atoms with E-state index in [1.54, 1.807) is 36.4 Å². The van der Waals surface area contributed by atoms with E-state index in [1.807, 2.05) is 19.1 Å². The molecule has 2 aromatic carbocycles. The standard InChI is InChI=1S/C20H23N3O5.CH4/c1-3-21-18(25)15-8-4-13(5-9-15)14-6-10-16(11-7-14)19(26)22-17(12(2)24)20(27)23-28;/h4-12,17,24,28H,3H2,1-2H3,(H,21,25)(H,22,26)(H,23,27);1H4/t12-,17+;/m1./s1.